The average molecular weight is 334 g/mol. The van der Waals surface area contributed by atoms with Crippen molar-refractivity contribution >= 4 is 23.2 Å². The molecule has 5 nitrogen and oxygen atoms in total. The molecule has 3 rings (SSSR count). The number of amides is 1. The molecule has 1 atom stereocenters. The second-order valence-electron chi connectivity index (χ2n) is 5.00. The first-order valence-electron chi connectivity index (χ1n) is 7.29. The molecule has 0 unspecified atom stereocenters. The Morgan fingerprint density at radius 3 is 2.83 bits per heavy atom. The largest absolute Gasteiger partial charge is 0.479 e. The van der Waals surface area contributed by atoms with Crippen LogP contribution in [0.5, 0.6) is 17.2 Å². The molecule has 0 bridgehead atoms. The third kappa shape index (κ3) is 3.51. The first-order chi connectivity index (χ1) is 11.2. The maximum absolute atomic E-state index is 12.4. The summed E-state index contributed by atoms with van der Waals surface area (Å²) in [5.41, 5.74) is 0.625. The van der Waals surface area contributed by atoms with Gasteiger partial charge in [0.1, 0.15) is 5.75 Å². The number of benzene rings is 2. The molecule has 1 heterocycles. The van der Waals surface area contributed by atoms with E-state index in [4.69, 9.17) is 25.8 Å². The molecule has 0 saturated carbocycles. The summed E-state index contributed by atoms with van der Waals surface area (Å²) >= 11 is 6.07. The van der Waals surface area contributed by atoms with E-state index < -0.39 is 6.10 Å². The highest BCUT2D eigenvalue weighted by Gasteiger charge is 2.21. The van der Waals surface area contributed by atoms with Crippen LogP contribution >= 0.6 is 11.6 Å². The normalized spacial score (nSPS) is 13.5. The Morgan fingerprint density at radius 1 is 1.26 bits per heavy atom. The fourth-order valence-corrected chi connectivity index (χ4v) is 2.39. The van der Waals surface area contributed by atoms with Gasteiger partial charge in [-0.1, -0.05) is 30.7 Å². The summed E-state index contributed by atoms with van der Waals surface area (Å²) in [4.78, 5) is 12.4. The average Bonchev–Trinajstić information content (AvgIpc) is 3.01. The van der Waals surface area contributed by atoms with Crippen LogP contribution in [0.15, 0.2) is 42.5 Å². The third-order valence-corrected chi connectivity index (χ3v) is 3.72. The van der Waals surface area contributed by atoms with Gasteiger partial charge in [0.2, 0.25) is 6.79 Å². The van der Waals surface area contributed by atoms with Gasteiger partial charge < -0.3 is 19.5 Å². The Kier molecular flexibility index (Phi) is 4.57. The molecule has 0 spiro atoms. The summed E-state index contributed by atoms with van der Waals surface area (Å²) in [5, 5.41) is 3.29. The van der Waals surface area contributed by atoms with Crippen LogP contribution < -0.4 is 19.5 Å². The maximum atomic E-state index is 12.4. The number of hydrogen-bond donors (Lipinski definition) is 1. The van der Waals surface area contributed by atoms with Gasteiger partial charge in [-0.15, -0.1) is 0 Å². The summed E-state index contributed by atoms with van der Waals surface area (Å²) in [5.74, 6) is 1.53. The molecular formula is C17H16ClNO4. The fraction of sp³-hybridized carbons (Fsp3) is 0.235. The van der Waals surface area contributed by atoms with Crippen molar-refractivity contribution in [3.05, 3.63) is 47.5 Å². The summed E-state index contributed by atoms with van der Waals surface area (Å²) < 4.78 is 16.3. The Hall–Kier alpha value is -2.40. The van der Waals surface area contributed by atoms with Gasteiger partial charge in [-0.2, -0.15) is 0 Å². The van der Waals surface area contributed by atoms with E-state index in [0.717, 1.165) is 0 Å². The summed E-state index contributed by atoms with van der Waals surface area (Å²) in [6.07, 6.45) is -0.123. The summed E-state index contributed by atoms with van der Waals surface area (Å²) in [7, 11) is 0. The van der Waals surface area contributed by atoms with Crippen LogP contribution in [-0.4, -0.2) is 18.8 Å². The van der Waals surface area contributed by atoms with Crippen LogP contribution in [-0.2, 0) is 4.79 Å². The molecule has 120 valence electrons. The van der Waals surface area contributed by atoms with Crippen LogP contribution in [0.4, 0.5) is 5.69 Å². The van der Waals surface area contributed by atoms with Gasteiger partial charge in [-0.25, -0.2) is 0 Å². The number of carbonyl (C=O) groups excluding carboxylic acids is 1. The van der Waals surface area contributed by atoms with Gasteiger partial charge in [-0.3, -0.25) is 4.79 Å². The molecule has 0 radical (unpaired) electrons. The number of carbonyl (C=O) groups is 1. The van der Waals surface area contributed by atoms with Crippen LogP contribution in [0.25, 0.3) is 0 Å². The van der Waals surface area contributed by atoms with Gasteiger partial charge in [0.15, 0.2) is 17.6 Å². The standard InChI is InChI=1S/C17H16ClNO4/c1-2-13(23-14-6-4-3-5-12(14)18)17(20)19-11-7-8-15-16(9-11)22-10-21-15/h3-9,13H,2,10H2,1H3,(H,19,20)/t13-/m1/s1. The summed E-state index contributed by atoms with van der Waals surface area (Å²) in [6, 6.07) is 12.3. The van der Waals surface area contributed by atoms with Gasteiger partial charge in [-0.05, 0) is 30.7 Å². The Bertz CT molecular complexity index is 719. The lowest BCUT2D eigenvalue weighted by Crippen LogP contribution is -2.32. The third-order valence-electron chi connectivity index (χ3n) is 3.41. The van der Waals surface area contributed by atoms with E-state index in [1.54, 1.807) is 30.3 Å². The van der Waals surface area contributed by atoms with Crippen molar-refractivity contribution in [3.63, 3.8) is 0 Å². The highest BCUT2D eigenvalue weighted by Crippen LogP contribution is 2.34. The zero-order valence-electron chi connectivity index (χ0n) is 12.5. The van der Waals surface area contributed by atoms with E-state index in [1.807, 2.05) is 19.1 Å². The van der Waals surface area contributed by atoms with E-state index in [2.05, 4.69) is 5.32 Å². The molecule has 0 saturated heterocycles. The molecule has 1 amide bonds. The lowest BCUT2D eigenvalue weighted by molar-refractivity contribution is -0.122. The summed E-state index contributed by atoms with van der Waals surface area (Å²) in [6.45, 7) is 2.07. The minimum atomic E-state index is -0.639. The number of hydrogen-bond acceptors (Lipinski definition) is 4. The predicted octanol–water partition coefficient (Wildman–Crippen LogP) is 3.86. The molecule has 0 aromatic heterocycles. The number of halogens is 1. The zero-order valence-corrected chi connectivity index (χ0v) is 13.3. The molecule has 2 aromatic rings. The minimum absolute atomic E-state index is 0.194. The molecule has 23 heavy (non-hydrogen) atoms. The van der Waals surface area contributed by atoms with Crippen LogP contribution in [0, 0.1) is 0 Å². The fourth-order valence-electron chi connectivity index (χ4n) is 2.21. The van der Waals surface area contributed by atoms with E-state index >= 15 is 0 Å². The highest BCUT2D eigenvalue weighted by atomic mass is 35.5. The number of ether oxygens (including phenoxy) is 3. The van der Waals surface area contributed by atoms with E-state index in [9.17, 15) is 4.79 Å². The van der Waals surface area contributed by atoms with Gasteiger partial charge in [0, 0.05) is 11.8 Å². The van der Waals surface area contributed by atoms with Crippen molar-refractivity contribution in [2.24, 2.45) is 0 Å². The van der Waals surface area contributed by atoms with Crippen molar-refractivity contribution < 1.29 is 19.0 Å². The molecular weight excluding hydrogens is 318 g/mol. The smallest absolute Gasteiger partial charge is 0.265 e. The van der Waals surface area contributed by atoms with Crippen molar-refractivity contribution in [1.29, 1.82) is 0 Å². The first-order valence-corrected chi connectivity index (χ1v) is 7.67. The van der Waals surface area contributed by atoms with E-state index in [0.29, 0.717) is 34.4 Å². The van der Waals surface area contributed by atoms with E-state index in [1.165, 1.54) is 0 Å². The highest BCUT2D eigenvalue weighted by molar-refractivity contribution is 6.32. The van der Waals surface area contributed by atoms with Crippen molar-refractivity contribution in [1.82, 2.24) is 0 Å². The van der Waals surface area contributed by atoms with E-state index in [-0.39, 0.29) is 12.7 Å². The number of fused-ring (bicyclic) bond motifs is 1. The number of nitrogens with one attached hydrogen (secondary N) is 1. The lowest BCUT2D eigenvalue weighted by atomic mass is 10.2. The Balaban J connectivity index is 1.69. The topological polar surface area (TPSA) is 56.8 Å². The minimum Gasteiger partial charge on any atom is -0.479 e. The Morgan fingerprint density at radius 2 is 2.04 bits per heavy atom. The molecule has 2 aromatic carbocycles. The van der Waals surface area contributed by atoms with Crippen LogP contribution in [0.3, 0.4) is 0 Å². The first kappa shape index (κ1) is 15.5. The van der Waals surface area contributed by atoms with Crippen molar-refractivity contribution in [2.45, 2.75) is 19.4 Å². The SMILES string of the molecule is CC[C@@H](Oc1ccccc1Cl)C(=O)Nc1ccc2c(c1)OCO2. The van der Waals surface area contributed by atoms with Crippen LogP contribution in [0.1, 0.15) is 13.3 Å². The maximum Gasteiger partial charge on any atom is 0.265 e. The zero-order chi connectivity index (χ0) is 16.2. The second-order valence-corrected chi connectivity index (χ2v) is 5.41. The molecule has 6 heteroatoms. The quantitative estimate of drug-likeness (QED) is 0.902. The van der Waals surface area contributed by atoms with Gasteiger partial charge in [0.25, 0.3) is 5.91 Å². The number of anilines is 1. The van der Waals surface area contributed by atoms with Gasteiger partial charge >= 0.3 is 0 Å². The van der Waals surface area contributed by atoms with Crippen molar-refractivity contribution in [3.8, 4) is 17.2 Å². The van der Waals surface area contributed by atoms with Crippen molar-refractivity contribution in [2.75, 3.05) is 12.1 Å². The molecule has 1 aliphatic heterocycles. The van der Waals surface area contributed by atoms with Crippen LogP contribution in [0.2, 0.25) is 5.02 Å². The molecule has 0 fully saturated rings. The second kappa shape index (κ2) is 6.79. The lowest BCUT2D eigenvalue weighted by Gasteiger charge is -2.18. The predicted molar refractivity (Wildman–Crippen MR) is 87.4 cm³/mol. The Labute approximate surface area is 139 Å². The molecule has 1 N–H and O–H groups in total. The molecule has 1 aliphatic rings. The number of rotatable bonds is 5. The number of para-hydroxylation sites is 1. The monoisotopic (exact) mass is 333 g/mol. The van der Waals surface area contributed by atoms with Gasteiger partial charge in [0.05, 0.1) is 5.02 Å². The molecule has 0 aliphatic carbocycles.